The van der Waals surface area contributed by atoms with Gasteiger partial charge in [-0.3, -0.25) is 4.79 Å². The highest BCUT2D eigenvalue weighted by atomic mass is 16.6. The molecule has 1 aromatic carbocycles. The third kappa shape index (κ3) is 5.76. The number of likely N-dealkylation sites (tertiary alicyclic amines) is 1. The SMILES string of the molecule is Cc1ccccc1CC(=O)N1CC[C@@H](NC(=O)OC(C)(C)C)[C@@H](C)C1. The molecule has 0 saturated carbocycles. The van der Waals surface area contributed by atoms with Gasteiger partial charge >= 0.3 is 6.09 Å². The number of nitrogens with zero attached hydrogens (tertiary/aromatic N) is 1. The number of carbonyl (C=O) groups is 2. The van der Waals surface area contributed by atoms with Crippen LogP contribution in [0.15, 0.2) is 24.3 Å². The molecule has 2 rings (SSSR count). The van der Waals surface area contributed by atoms with Crippen molar-refractivity contribution >= 4 is 12.0 Å². The normalized spacial score (nSPS) is 20.9. The van der Waals surface area contributed by atoms with E-state index in [1.165, 1.54) is 0 Å². The average molecular weight is 346 g/mol. The minimum atomic E-state index is -0.502. The molecule has 1 saturated heterocycles. The van der Waals surface area contributed by atoms with Crippen molar-refractivity contribution in [3.05, 3.63) is 35.4 Å². The van der Waals surface area contributed by atoms with Crippen molar-refractivity contribution in [1.82, 2.24) is 10.2 Å². The number of alkyl carbamates (subject to hydrolysis) is 1. The van der Waals surface area contributed by atoms with Gasteiger partial charge in [0.2, 0.25) is 5.91 Å². The van der Waals surface area contributed by atoms with E-state index in [9.17, 15) is 9.59 Å². The summed E-state index contributed by atoms with van der Waals surface area (Å²) in [6.07, 6.45) is 0.799. The van der Waals surface area contributed by atoms with Crippen LogP contribution in [0, 0.1) is 12.8 Å². The van der Waals surface area contributed by atoms with Gasteiger partial charge in [-0.25, -0.2) is 4.79 Å². The molecule has 25 heavy (non-hydrogen) atoms. The fourth-order valence-electron chi connectivity index (χ4n) is 3.13. The molecule has 138 valence electrons. The summed E-state index contributed by atoms with van der Waals surface area (Å²) in [5, 5.41) is 2.94. The Balaban J connectivity index is 1.87. The van der Waals surface area contributed by atoms with Crippen molar-refractivity contribution < 1.29 is 14.3 Å². The van der Waals surface area contributed by atoms with Gasteiger partial charge in [-0.15, -0.1) is 0 Å². The first-order valence-electron chi connectivity index (χ1n) is 8.97. The number of piperidine rings is 1. The molecule has 1 aromatic rings. The summed E-state index contributed by atoms with van der Waals surface area (Å²) in [6.45, 7) is 11.0. The van der Waals surface area contributed by atoms with E-state index in [1.54, 1.807) is 0 Å². The molecule has 1 aliphatic rings. The minimum absolute atomic E-state index is 0.0392. The molecule has 5 heteroatoms. The standard InChI is InChI=1S/C20H30N2O3/c1-14-8-6-7-9-16(14)12-18(23)22-11-10-17(15(2)13-22)21-19(24)25-20(3,4)5/h6-9,15,17H,10-13H2,1-5H3,(H,21,24)/t15-,17+/m0/s1. The largest absolute Gasteiger partial charge is 0.444 e. The smallest absolute Gasteiger partial charge is 0.407 e. The quantitative estimate of drug-likeness (QED) is 0.913. The van der Waals surface area contributed by atoms with E-state index < -0.39 is 5.60 Å². The van der Waals surface area contributed by atoms with Crippen molar-refractivity contribution in [2.24, 2.45) is 5.92 Å². The Morgan fingerprint density at radius 1 is 1.28 bits per heavy atom. The number of hydrogen-bond acceptors (Lipinski definition) is 3. The topological polar surface area (TPSA) is 58.6 Å². The zero-order valence-electron chi connectivity index (χ0n) is 16.0. The third-order valence-electron chi connectivity index (χ3n) is 4.56. The highest BCUT2D eigenvalue weighted by Gasteiger charge is 2.30. The molecule has 1 N–H and O–H groups in total. The van der Waals surface area contributed by atoms with Crippen LogP contribution in [0.3, 0.4) is 0 Å². The first-order chi connectivity index (χ1) is 11.7. The number of aryl methyl sites for hydroxylation is 1. The van der Waals surface area contributed by atoms with E-state index in [0.29, 0.717) is 19.5 Å². The molecule has 0 spiro atoms. The Bertz CT molecular complexity index is 622. The van der Waals surface area contributed by atoms with Crippen molar-refractivity contribution in [3.63, 3.8) is 0 Å². The summed E-state index contributed by atoms with van der Waals surface area (Å²) in [5.74, 6) is 0.346. The van der Waals surface area contributed by atoms with Crippen LogP contribution in [0.25, 0.3) is 0 Å². The second-order valence-corrected chi connectivity index (χ2v) is 7.96. The van der Waals surface area contributed by atoms with E-state index in [-0.39, 0.29) is 24.0 Å². The van der Waals surface area contributed by atoms with Crippen LogP contribution in [0.2, 0.25) is 0 Å². The van der Waals surface area contributed by atoms with Gasteiger partial charge in [0.1, 0.15) is 5.60 Å². The van der Waals surface area contributed by atoms with Crippen LogP contribution in [-0.4, -0.2) is 41.6 Å². The van der Waals surface area contributed by atoms with Crippen LogP contribution in [0.4, 0.5) is 4.79 Å². The van der Waals surface area contributed by atoms with Crippen molar-refractivity contribution in [1.29, 1.82) is 0 Å². The number of amides is 2. The Labute approximate surface area is 150 Å². The Kier molecular flexibility index (Phi) is 6.09. The fraction of sp³-hybridized carbons (Fsp3) is 0.600. The fourth-order valence-corrected chi connectivity index (χ4v) is 3.13. The van der Waals surface area contributed by atoms with Crippen LogP contribution >= 0.6 is 0 Å². The maximum atomic E-state index is 12.6. The molecule has 0 unspecified atom stereocenters. The zero-order valence-corrected chi connectivity index (χ0v) is 16.0. The predicted molar refractivity (Wildman–Crippen MR) is 98.4 cm³/mol. The van der Waals surface area contributed by atoms with Gasteiger partial charge in [0, 0.05) is 19.1 Å². The lowest BCUT2D eigenvalue weighted by molar-refractivity contribution is -0.132. The van der Waals surface area contributed by atoms with Gasteiger partial charge in [0.15, 0.2) is 0 Å². The first-order valence-corrected chi connectivity index (χ1v) is 8.97. The number of rotatable bonds is 3. The number of benzene rings is 1. The molecular weight excluding hydrogens is 316 g/mol. The van der Waals surface area contributed by atoms with Crippen LogP contribution in [-0.2, 0) is 16.0 Å². The molecule has 2 atom stereocenters. The molecule has 2 amide bonds. The average Bonchev–Trinajstić information content (AvgIpc) is 2.49. The van der Waals surface area contributed by atoms with Crippen LogP contribution in [0.5, 0.6) is 0 Å². The maximum absolute atomic E-state index is 12.6. The van der Waals surface area contributed by atoms with Crippen LogP contribution in [0.1, 0.15) is 45.2 Å². The summed E-state index contributed by atoms with van der Waals surface area (Å²) in [4.78, 5) is 26.5. The van der Waals surface area contributed by atoms with Gasteiger partial charge in [-0.2, -0.15) is 0 Å². The lowest BCUT2D eigenvalue weighted by Gasteiger charge is -2.37. The highest BCUT2D eigenvalue weighted by molar-refractivity contribution is 5.79. The van der Waals surface area contributed by atoms with E-state index in [4.69, 9.17) is 4.74 Å². The summed E-state index contributed by atoms with van der Waals surface area (Å²) in [7, 11) is 0. The predicted octanol–water partition coefficient (Wildman–Crippen LogP) is 3.30. The van der Waals surface area contributed by atoms with Crippen molar-refractivity contribution in [2.45, 2.75) is 59.1 Å². The lowest BCUT2D eigenvalue weighted by Crippen LogP contribution is -2.52. The van der Waals surface area contributed by atoms with Crippen molar-refractivity contribution in [2.75, 3.05) is 13.1 Å². The highest BCUT2D eigenvalue weighted by Crippen LogP contribution is 2.19. The van der Waals surface area contributed by atoms with Crippen LogP contribution < -0.4 is 5.32 Å². The number of carbonyl (C=O) groups excluding carboxylic acids is 2. The summed E-state index contributed by atoms with van der Waals surface area (Å²) >= 11 is 0. The van der Waals surface area contributed by atoms with E-state index in [1.807, 2.05) is 56.9 Å². The third-order valence-corrected chi connectivity index (χ3v) is 4.56. The Hall–Kier alpha value is -2.04. The molecule has 1 heterocycles. The van der Waals surface area contributed by atoms with E-state index in [0.717, 1.165) is 17.5 Å². The number of hydrogen-bond donors (Lipinski definition) is 1. The number of nitrogens with one attached hydrogen (secondary N) is 1. The van der Waals surface area contributed by atoms with Gasteiger partial charge in [-0.05, 0) is 51.2 Å². The van der Waals surface area contributed by atoms with Gasteiger partial charge < -0.3 is 15.0 Å². The summed E-state index contributed by atoms with van der Waals surface area (Å²) in [6, 6.07) is 8.03. The summed E-state index contributed by atoms with van der Waals surface area (Å²) < 4.78 is 5.32. The Morgan fingerprint density at radius 2 is 1.96 bits per heavy atom. The molecule has 1 aliphatic heterocycles. The second-order valence-electron chi connectivity index (χ2n) is 7.96. The van der Waals surface area contributed by atoms with E-state index >= 15 is 0 Å². The lowest BCUT2D eigenvalue weighted by atomic mass is 9.93. The molecule has 0 radical (unpaired) electrons. The number of ether oxygens (including phenoxy) is 1. The minimum Gasteiger partial charge on any atom is -0.444 e. The Morgan fingerprint density at radius 3 is 2.56 bits per heavy atom. The van der Waals surface area contributed by atoms with Gasteiger partial charge in [-0.1, -0.05) is 31.2 Å². The molecule has 0 aromatic heterocycles. The maximum Gasteiger partial charge on any atom is 0.407 e. The van der Waals surface area contributed by atoms with Crippen molar-refractivity contribution in [3.8, 4) is 0 Å². The van der Waals surface area contributed by atoms with E-state index in [2.05, 4.69) is 12.2 Å². The van der Waals surface area contributed by atoms with Gasteiger partial charge in [0.25, 0.3) is 0 Å². The second kappa shape index (κ2) is 7.89. The molecule has 0 aliphatic carbocycles. The molecule has 0 bridgehead atoms. The first kappa shape index (κ1) is 19.3. The van der Waals surface area contributed by atoms with Gasteiger partial charge in [0.05, 0.1) is 6.42 Å². The molecule has 1 fully saturated rings. The zero-order chi connectivity index (χ0) is 18.6. The summed E-state index contributed by atoms with van der Waals surface area (Å²) in [5.41, 5.74) is 1.72. The molecular formula is C20H30N2O3. The monoisotopic (exact) mass is 346 g/mol. The molecule has 5 nitrogen and oxygen atoms in total.